The third kappa shape index (κ3) is 3.63. The molecule has 0 bridgehead atoms. The zero-order chi connectivity index (χ0) is 20.7. The van der Waals surface area contributed by atoms with Crippen LogP contribution in [0, 0.1) is 5.92 Å². The number of pyridine rings is 1. The molecular formula is C19H21N5O4S. The number of carbonyl (C=O) groups excluding carboxylic acids is 3. The number of aromatic nitrogens is 1. The molecule has 0 fully saturated rings. The van der Waals surface area contributed by atoms with Gasteiger partial charge in [0.15, 0.2) is 18.2 Å². The van der Waals surface area contributed by atoms with Crippen molar-refractivity contribution in [3.63, 3.8) is 0 Å². The van der Waals surface area contributed by atoms with Gasteiger partial charge < -0.3 is 21.5 Å². The second-order valence-corrected chi connectivity index (χ2v) is 8.40. The molecular weight excluding hydrogens is 394 g/mol. The van der Waals surface area contributed by atoms with E-state index in [9.17, 15) is 14.4 Å². The topological polar surface area (TPSA) is 141 Å². The number of amides is 3. The van der Waals surface area contributed by atoms with E-state index in [4.69, 9.17) is 16.2 Å². The molecule has 29 heavy (non-hydrogen) atoms. The summed E-state index contributed by atoms with van der Waals surface area (Å²) < 4.78 is 5.34. The number of nitrogens with zero attached hydrogens (tertiary/aromatic N) is 2. The quantitative estimate of drug-likeness (QED) is 0.688. The zero-order valence-corrected chi connectivity index (χ0v) is 16.7. The number of ether oxygens (including phenoxy) is 1. The Labute approximate surface area is 171 Å². The van der Waals surface area contributed by atoms with E-state index < -0.39 is 17.7 Å². The Hall–Kier alpha value is -3.14. The smallest absolute Gasteiger partial charge is 0.266 e. The van der Waals surface area contributed by atoms with E-state index in [-0.39, 0.29) is 24.8 Å². The average Bonchev–Trinajstić information content (AvgIpc) is 3.01. The fraction of sp³-hybridized carbons (Fsp3) is 0.368. The number of anilines is 3. The van der Waals surface area contributed by atoms with Crippen molar-refractivity contribution in [2.24, 2.45) is 11.7 Å². The number of nitrogen functional groups attached to an aromatic ring is 1. The summed E-state index contributed by atoms with van der Waals surface area (Å²) >= 11 is 1.38. The Morgan fingerprint density at radius 2 is 2.21 bits per heavy atom. The minimum atomic E-state index is -0.561. The summed E-state index contributed by atoms with van der Waals surface area (Å²) in [5, 5.41) is 3.20. The summed E-state index contributed by atoms with van der Waals surface area (Å²) in [5.41, 5.74) is 12.6. The van der Waals surface area contributed by atoms with Gasteiger partial charge in [-0.05, 0) is 42.9 Å². The second-order valence-electron chi connectivity index (χ2n) is 7.29. The van der Waals surface area contributed by atoms with Gasteiger partial charge in [0.05, 0.1) is 5.56 Å². The molecule has 4 rings (SSSR count). The van der Waals surface area contributed by atoms with Crippen LogP contribution in [0.25, 0.3) is 0 Å². The van der Waals surface area contributed by atoms with Crippen LogP contribution in [0.3, 0.4) is 0 Å². The lowest BCUT2D eigenvalue weighted by Gasteiger charge is -2.27. The van der Waals surface area contributed by atoms with E-state index in [0.717, 1.165) is 29.7 Å². The number of carbonyl (C=O) groups is 3. The number of fused-ring (bicyclic) bond motifs is 2. The van der Waals surface area contributed by atoms with Crippen LogP contribution in [0.15, 0.2) is 12.1 Å². The molecule has 0 saturated heterocycles. The Morgan fingerprint density at radius 3 is 2.97 bits per heavy atom. The standard InChI is InChI=1S/C19H21N5O4S/c1-9-2-3-10-12(6-9)29-19(16(10)17(21)27)23-14(25)7-24-15(26)8-28-11-4-5-13(20)22-18(11)24/h4-5,9H,2-3,6-8H2,1H3,(H2,20,22)(H2,21,27)(H,23,25). The molecule has 2 aromatic heterocycles. The number of hydrogen-bond acceptors (Lipinski definition) is 7. The first-order valence-electron chi connectivity index (χ1n) is 9.27. The van der Waals surface area contributed by atoms with E-state index in [1.54, 1.807) is 12.1 Å². The Balaban J connectivity index is 1.58. The van der Waals surface area contributed by atoms with Crippen LogP contribution < -0.4 is 26.4 Å². The average molecular weight is 415 g/mol. The van der Waals surface area contributed by atoms with Gasteiger partial charge in [-0.2, -0.15) is 0 Å². The first kappa shape index (κ1) is 19.2. The maximum atomic E-state index is 12.7. The predicted molar refractivity (Wildman–Crippen MR) is 109 cm³/mol. The highest BCUT2D eigenvalue weighted by atomic mass is 32.1. The summed E-state index contributed by atoms with van der Waals surface area (Å²) in [5.74, 6) is -0.108. The van der Waals surface area contributed by atoms with E-state index >= 15 is 0 Å². The molecule has 10 heteroatoms. The molecule has 3 heterocycles. The van der Waals surface area contributed by atoms with Gasteiger partial charge in [0.25, 0.3) is 11.8 Å². The van der Waals surface area contributed by atoms with Crippen molar-refractivity contribution in [1.29, 1.82) is 0 Å². The Morgan fingerprint density at radius 1 is 1.41 bits per heavy atom. The maximum Gasteiger partial charge on any atom is 0.266 e. The van der Waals surface area contributed by atoms with Crippen LogP contribution in [0.5, 0.6) is 5.75 Å². The largest absolute Gasteiger partial charge is 0.480 e. The molecule has 2 aliphatic rings. The molecule has 9 nitrogen and oxygen atoms in total. The van der Waals surface area contributed by atoms with Crippen molar-refractivity contribution in [3.05, 3.63) is 28.1 Å². The molecule has 3 amide bonds. The SMILES string of the molecule is CC1CCc2c(sc(NC(=O)CN3C(=O)COc4ccc(N)nc43)c2C(N)=O)C1. The summed E-state index contributed by atoms with van der Waals surface area (Å²) in [6, 6.07) is 3.16. The minimum absolute atomic E-state index is 0.191. The number of nitrogens with two attached hydrogens (primary N) is 2. The minimum Gasteiger partial charge on any atom is -0.480 e. The van der Waals surface area contributed by atoms with E-state index in [1.165, 1.54) is 16.2 Å². The normalized spacial score (nSPS) is 17.9. The van der Waals surface area contributed by atoms with Gasteiger partial charge in [0.2, 0.25) is 5.91 Å². The van der Waals surface area contributed by atoms with Crippen LogP contribution in [0.2, 0.25) is 0 Å². The van der Waals surface area contributed by atoms with E-state index in [2.05, 4.69) is 17.2 Å². The molecule has 1 atom stereocenters. The van der Waals surface area contributed by atoms with Crippen molar-refractivity contribution in [1.82, 2.24) is 4.98 Å². The molecule has 0 spiro atoms. The fourth-order valence-corrected chi connectivity index (χ4v) is 5.10. The molecule has 1 aliphatic heterocycles. The van der Waals surface area contributed by atoms with Gasteiger partial charge in [-0.15, -0.1) is 11.3 Å². The van der Waals surface area contributed by atoms with Gasteiger partial charge in [-0.25, -0.2) is 4.98 Å². The second kappa shape index (κ2) is 7.36. The molecule has 0 saturated carbocycles. The van der Waals surface area contributed by atoms with Crippen LogP contribution in [0.1, 0.15) is 34.1 Å². The Kier molecular flexibility index (Phi) is 4.87. The number of thiophene rings is 1. The van der Waals surface area contributed by atoms with Crippen molar-refractivity contribution in [2.75, 3.05) is 29.1 Å². The molecule has 1 unspecified atom stereocenters. The highest BCUT2D eigenvalue weighted by Crippen LogP contribution is 2.39. The first-order chi connectivity index (χ1) is 13.8. The van der Waals surface area contributed by atoms with E-state index in [1.807, 2.05) is 0 Å². The molecule has 0 aromatic carbocycles. The number of hydrogen-bond donors (Lipinski definition) is 3. The molecule has 5 N–H and O–H groups in total. The lowest BCUT2D eigenvalue weighted by molar-refractivity contribution is -0.123. The lowest BCUT2D eigenvalue weighted by atomic mass is 9.88. The van der Waals surface area contributed by atoms with Gasteiger partial charge in [-0.3, -0.25) is 19.3 Å². The van der Waals surface area contributed by atoms with Crippen molar-refractivity contribution < 1.29 is 19.1 Å². The van der Waals surface area contributed by atoms with Crippen LogP contribution in [-0.2, 0) is 22.4 Å². The lowest BCUT2D eigenvalue weighted by Crippen LogP contribution is -2.44. The van der Waals surface area contributed by atoms with Crippen LogP contribution in [0.4, 0.5) is 16.6 Å². The van der Waals surface area contributed by atoms with Gasteiger partial charge in [-0.1, -0.05) is 6.92 Å². The van der Waals surface area contributed by atoms with Crippen molar-refractivity contribution in [2.45, 2.75) is 26.2 Å². The zero-order valence-electron chi connectivity index (χ0n) is 15.9. The van der Waals surface area contributed by atoms with Gasteiger partial charge in [0, 0.05) is 4.88 Å². The fourth-order valence-electron chi connectivity index (χ4n) is 3.66. The van der Waals surface area contributed by atoms with E-state index in [0.29, 0.717) is 22.2 Å². The predicted octanol–water partition coefficient (Wildman–Crippen LogP) is 1.31. The molecule has 1 aliphatic carbocycles. The molecule has 0 radical (unpaired) electrons. The van der Waals surface area contributed by atoms with Crippen molar-refractivity contribution >= 4 is 45.7 Å². The van der Waals surface area contributed by atoms with Crippen LogP contribution in [-0.4, -0.2) is 35.9 Å². The maximum absolute atomic E-state index is 12.7. The van der Waals surface area contributed by atoms with Gasteiger partial charge >= 0.3 is 0 Å². The third-order valence-electron chi connectivity index (χ3n) is 5.08. The summed E-state index contributed by atoms with van der Waals surface area (Å²) in [7, 11) is 0. The first-order valence-corrected chi connectivity index (χ1v) is 10.1. The number of rotatable bonds is 4. The van der Waals surface area contributed by atoms with Gasteiger partial charge in [0.1, 0.15) is 17.4 Å². The molecule has 152 valence electrons. The molecule has 2 aromatic rings. The summed E-state index contributed by atoms with van der Waals surface area (Å²) in [4.78, 5) is 43.5. The number of nitrogens with one attached hydrogen (secondary N) is 1. The Bertz CT molecular complexity index is 1020. The number of primary amides is 1. The monoisotopic (exact) mass is 415 g/mol. The highest BCUT2D eigenvalue weighted by Gasteiger charge is 2.31. The van der Waals surface area contributed by atoms with Crippen molar-refractivity contribution in [3.8, 4) is 5.75 Å². The van der Waals surface area contributed by atoms with Crippen LogP contribution >= 0.6 is 11.3 Å². The summed E-state index contributed by atoms with van der Waals surface area (Å²) in [6.45, 7) is 1.69. The third-order valence-corrected chi connectivity index (χ3v) is 6.25. The summed E-state index contributed by atoms with van der Waals surface area (Å²) in [6.07, 6.45) is 2.60. The highest BCUT2D eigenvalue weighted by molar-refractivity contribution is 7.17.